The number of carboxylic acid groups (broad SMARTS) is 1. The van der Waals surface area contributed by atoms with Crippen LogP contribution in [0.2, 0.25) is 0 Å². The minimum absolute atomic E-state index is 0.145. The van der Waals surface area contributed by atoms with Crippen molar-refractivity contribution >= 4 is 11.9 Å². The highest BCUT2D eigenvalue weighted by molar-refractivity contribution is 5.80. The second-order valence-electron chi connectivity index (χ2n) is 5.50. The van der Waals surface area contributed by atoms with Crippen molar-refractivity contribution in [2.75, 3.05) is 13.1 Å². The molecule has 0 spiro atoms. The molecule has 0 fully saturated rings. The molecule has 0 aromatic heterocycles. The minimum atomic E-state index is -0.910. The van der Waals surface area contributed by atoms with Crippen LogP contribution in [0, 0.1) is 17.3 Å². The van der Waals surface area contributed by atoms with Gasteiger partial charge in [-0.05, 0) is 25.7 Å². The number of nitrogens with one attached hydrogen (secondary N) is 1. The first-order valence-corrected chi connectivity index (χ1v) is 6.48. The minimum Gasteiger partial charge on any atom is -0.481 e. The Morgan fingerprint density at radius 2 is 1.94 bits per heavy atom. The lowest BCUT2D eigenvalue weighted by Gasteiger charge is -2.25. The first-order chi connectivity index (χ1) is 8.26. The molecule has 0 aromatic rings. The summed E-state index contributed by atoms with van der Waals surface area (Å²) in [7, 11) is 0. The Morgan fingerprint density at radius 3 is 2.28 bits per heavy atom. The van der Waals surface area contributed by atoms with E-state index in [1.54, 1.807) is 13.8 Å². The monoisotopic (exact) mass is 258 g/mol. The van der Waals surface area contributed by atoms with Crippen molar-refractivity contribution in [3.63, 3.8) is 0 Å². The van der Waals surface area contributed by atoms with Gasteiger partial charge in [0.2, 0.25) is 5.91 Å². The highest BCUT2D eigenvalue weighted by Crippen LogP contribution is 2.20. The lowest BCUT2D eigenvalue weighted by Crippen LogP contribution is -2.44. The highest BCUT2D eigenvalue weighted by atomic mass is 16.4. The third kappa shape index (κ3) is 5.04. The van der Waals surface area contributed by atoms with Gasteiger partial charge in [0.1, 0.15) is 0 Å². The lowest BCUT2D eigenvalue weighted by molar-refractivity contribution is -0.148. The molecule has 2 unspecified atom stereocenters. The zero-order valence-electron chi connectivity index (χ0n) is 11.8. The van der Waals surface area contributed by atoms with E-state index in [9.17, 15) is 9.59 Å². The fraction of sp³-hybridized carbons (Fsp3) is 0.846. The number of carbonyl (C=O) groups is 2. The molecule has 0 rings (SSSR count). The van der Waals surface area contributed by atoms with Crippen molar-refractivity contribution in [1.29, 1.82) is 0 Å². The molecule has 0 saturated heterocycles. The maximum Gasteiger partial charge on any atom is 0.311 e. The van der Waals surface area contributed by atoms with Gasteiger partial charge < -0.3 is 16.2 Å². The third-order valence-electron chi connectivity index (χ3n) is 3.36. The van der Waals surface area contributed by atoms with E-state index in [1.807, 2.05) is 13.8 Å². The van der Waals surface area contributed by atoms with Crippen LogP contribution < -0.4 is 11.1 Å². The second-order valence-corrected chi connectivity index (χ2v) is 5.50. The Hall–Kier alpha value is -1.10. The summed E-state index contributed by atoms with van der Waals surface area (Å²) in [5.41, 5.74) is 4.67. The Balaban J connectivity index is 4.43. The van der Waals surface area contributed by atoms with E-state index in [2.05, 4.69) is 5.32 Å². The zero-order valence-corrected chi connectivity index (χ0v) is 11.8. The first kappa shape index (κ1) is 16.9. The maximum absolute atomic E-state index is 11.9. The predicted octanol–water partition coefficient (Wildman–Crippen LogP) is 1.22. The van der Waals surface area contributed by atoms with Crippen LogP contribution in [-0.2, 0) is 9.59 Å². The number of hydrogen-bond donors (Lipinski definition) is 3. The Kier molecular flexibility index (Phi) is 6.91. The molecule has 106 valence electrons. The molecule has 0 saturated carbocycles. The highest BCUT2D eigenvalue weighted by Gasteiger charge is 2.32. The summed E-state index contributed by atoms with van der Waals surface area (Å²) in [5.74, 6) is -0.883. The summed E-state index contributed by atoms with van der Waals surface area (Å²) >= 11 is 0. The van der Waals surface area contributed by atoms with Gasteiger partial charge in [0.25, 0.3) is 0 Å². The van der Waals surface area contributed by atoms with Crippen LogP contribution in [0.4, 0.5) is 0 Å². The van der Waals surface area contributed by atoms with Gasteiger partial charge in [-0.3, -0.25) is 9.59 Å². The quantitative estimate of drug-likeness (QED) is 0.610. The summed E-state index contributed by atoms with van der Waals surface area (Å²) in [6.45, 7) is 7.93. The number of rotatable bonds is 8. The molecule has 5 heteroatoms. The number of carboxylic acids is 1. The molecule has 5 nitrogen and oxygen atoms in total. The number of aliphatic carboxylic acids is 1. The van der Waals surface area contributed by atoms with E-state index in [-0.39, 0.29) is 18.4 Å². The molecule has 18 heavy (non-hydrogen) atoms. The number of amides is 1. The second kappa shape index (κ2) is 7.36. The van der Waals surface area contributed by atoms with E-state index in [1.165, 1.54) is 0 Å². The SMILES string of the molecule is CCC(C)(CNC(=O)C(CN)CC(C)C)C(=O)O. The summed E-state index contributed by atoms with van der Waals surface area (Å²) in [5, 5.41) is 11.8. The van der Waals surface area contributed by atoms with Gasteiger partial charge in [-0.25, -0.2) is 0 Å². The molecular formula is C13H26N2O3. The van der Waals surface area contributed by atoms with Crippen molar-refractivity contribution in [1.82, 2.24) is 5.32 Å². The molecule has 4 N–H and O–H groups in total. The average Bonchev–Trinajstić information content (AvgIpc) is 2.31. The van der Waals surface area contributed by atoms with Crippen molar-refractivity contribution in [3.05, 3.63) is 0 Å². The van der Waals surface area contributed by atoms with Crippen LogP contribution >= 0.6 is 0 Å². The summed E-state index contributed by atoms with van der Waals surface area (Å²) in [6.07, 6.45) is 1.19. The fourth-order valence-corrected chi connectivity index (χ4v) is 1.66. The molecule has 0 aliphatic rings. The number of hydrogen-bond acceptors (Lipinski definition) is 3. The van der Waals surface area contributed by atoms with Gasteiger partial charge in [-0.2, -0.15) is 0 Å². The molecule has 2 atom stereocenters. The lowest BCUT2D eigenvalue weighted by atomic mass is 9.87. The van der Waals surface area contributed by atoms with Gasteiger partial charge in [-0.15, -0.1) is 0 Å². The molecule has 0 aliphatic heterocycles. The summed E-state index contributed by atoms with van der Waals surface area (Å²) < 4.78 is 0. The van der Waals surface area contributed by atoms with Crippen molar-refractivity contribution < 1.29 is 14.7 Å². The fourth-order valence-electron chi connectivity index (χ4n) is 1.66. The van der Waals surface area contributed by atoms with Crippen LogP contribution in [0.1, 0.15) is 40.5 Å². The van der Waals surface area contributed by atoms with Gasteiger partial charge >= 0.3 is 5.97 Å². The van der Waals surface area contributed by atoms with Gasteiger partial charge in [0.05, 0.1) is 11.3 Å². The molecule has 0 heterocycles. The maximum atomic E-state index is 11.9. The zero-order chi connectivity index (χ0) is 14.3. The molecule has 0 bridgehead atoms. The van der Waals surface area contributed by atoms with E-state index in [0.717, 1.165) is 6.42 Å². The molecular weight excluding hydrogens is 232 g/mol. The molecule has 1 amide bonds. The van der Waals surface area contributed by atoms with Gasteiger partial charge in [0, 0.05) is 13.1 Å². The van der Waals surface area contributed by atoms with Crippen molar-refractivity contribution in [3.8, 4) is 0 Å². The van der Waals surface area contributed by atoms with E-state index < -0.39 is 11.4 Å². The summed E-state index contributed by atoms with van der Waals surface area (Å²) in [6, 6.07) is 0. The largest absolute Gasteiger partial charge is 0.481 e. The van der Waals surface area contributed by atoms with Crippen LogP contribution in [-0.4, -0.2) is 30.1 Å². The van der Waals surface area contributed by atoms with Crippen molar-refractivity contribution in [2.45, 2.75) is 40.5 Å². The topological polar surface area (TPSA) is 92.4 Å². The third-order valence-corrected chi connectivity index (χ3v) is 3.36. The molecule has 0 radical (unpaired) electrons. The van der Waals surface area contributed by atoms with Crippen LogP contribution in [0.3, 0.4) is 0 Å². The van der Waals surface area contributed by atoms with Crippen molar-refractivity contribution in [2.24, 2.45) is 23.0 Å². The normalized spacial score (nSPS) is 16.1. The van der Waals surface area contributed by atoms with Gasteiger partial charge in [0.15, 0.2) is 0 Å². The van der Waals surface area contributed by atoms with Gasteiger partial charge in [-0.1, -0.05) is 20.8 Å². The Bertz CT molecular complexity index is 292. The average molecular weight is 258 g/mol. The smallest absolute Gasteiger partial charge is 0.311 e. The molecule has 0 aliphatic carbocycles. The summed E-state index contributed by atoms with van der Waals surface area (Å²) in [4.78, 5) is 23.0. The number of carbonyl (C=O) groups excluding carboxylic acids is 1. The standard InChI is InChI=1S/C13H26N2O3/c1-5-13(4,12(17)18)8-15-11(16)10(7-14)6-9(2)3/h9-10H,5-8,14H2,1-4H3,(H,15,16)(H,17,18). The van der Waals surface area contributed by atoms with E-state index in [4.69, 9.17) is 10.8 Å². The molecule has 0 aromatic carbocycles. The van der Waals surface area contributed by atoms with Crippen LogP contribution in [0.15, 0.2) is 0 Å². The van der Waals surface area contributed by atoms with E-state index >= 15 is 0 Å². The van der Waals surface area contributed by atoms with Crippen LogP contribution in [0.5, 0.6) is 0 Å². The number of nitrogens with two attached hydrogens (primary N) is 1. The Labute approximate surface area is 109 Å². The predicted molar refractivity (Wildman–Crippen MR) is 71.0 cm³/mol. The van der Waals surface area contributed by atoms with Crippen LogP contribution in [0.25, 0.3) is 0 Å². The Morgan fingerprint density at radius 1 is 1.39 bits per heavy atom. The first-order valence-electron chi connectivity index (χ1n) is 6.48. The van der Waals surface area contributed by atoms with E-state index in [0.29, 0.717) is 18.9 Å².